The number of carbonyl (C=O) groups excluding carboxylic acids is 3. The molecule has 0 aliphatic carbocycles. The van der Waals surface area contributed by atoms with Crippen molar-refractivity contribution in [2.75, 3.05) is 18.1 Å². The number of fused-ring (bicyclic) bond motifs is 3. The van der Waals surface area contributed by atoms with E-state index in [1.54, 1.807) is 22.0 Å². The molecule has 10 heteroatoms. The van der Waals surface area contributed by atoms with Crippen LogP contribution in [0, 0.1) is 5.92 Å². The van der Waals surface area contributed by atoms with Gasteiger partial charge in [0.2, 0.25) is 11.8 Å². The van der Waals surface area contributed by atoms with Gasteiger partial charge in [-0.1, -0.05) is 0 Å². The minimum Gasteiger partial charge on any atom is -0.464 e. The van der Waals surface area contributed by atoms with Crippen molar-refractivity contribution < 1.29 is 19.1 Å². The lowest BCUT2D eigenvalue weighted by atomic mass is 9.96. The van der Waals surface area contributed by atoms with Crippen molar-refractivity contribution in [2.45, 2.75) is 23.9 Å². The normalized spacial score (nSPS) is 31.9. The number of thiazole rings is 1. The fourth-order valence-corrected chi connectivity index (χ4v) is 5.20. The summed E-state index contributed by atoms with van der Waals surface area (Å²) in [7, 11) is 0. The molecule has 0 bridgehead atoms. The van der Waals surface area contributed by atoms with Crippen molar-refractivity contribution >= 4 is 46.0 Å². The van der Waals surface area contributed by atoms with Crippen LogP contribution in [-0.2, 0) is 25.5 Å². The van der Waals surface area contributed by atoms with Crippen molar-refractivity contribution in [2.24, 2.45) is 5.92 Å². The molecule has 0 saturated carbocycles. The second kappa shape index (κ2) is 5.38. The Labute approximate surface area is 139 Å². The number of thioether (sulfide) groups is 1. The van der Waals surface area contributed by atoms with Crippen molar-refractivity contribution in [3.05, 3.63) is 11.1 Å². The highest BCUT2D eigenvalue weighted by molar-refractivity contribution is 8.00. The van der Waals surface area contributed by atoms with Gasteiger partial charge in [-0.05, 0) is 0 Å². The van der Waals surface area contributed by atoms with Crippen LogP contribution in [0.15, 0.2) is 5.38 Å². The summed E-state index contributed by atoms with van der Waals surface area (Å²) in [5, 5.41) is 4.67. The van der Waals surface area contributed by atoms with Crippen molar-refractivity contribution in [1.82, 2.24) is 15.2 Å². The number of hydrogen-bond donors (Lipinski definition) is 2. The Bertz CT molecular complexity index is 693. The highest BCUT2D eigenvalue weighted by Gasteiger charge is 2.60. The van der Waals surface area contributed by atoms with Gasteiger partial charge in [-0.3, -0.25) is 9.59 Å². The number of nitrogens with one attached hydrogen (secondary N) is 1. The number of amides is 2. The molecule has 4 rings (SSSR count). The number of esters is 1. The number of nitrogen functional groups attached to an aromatic ring is 1. The zero-order chi connectivity index (χ0) is 16.1. The Morgan fingerprint density at radius 3 is 3.09 bits per heavy atom. The molecule has 3 aliphatic rings. The Morgan fingerprint density at radius 2 is 2.35 bits per heavy atom. The zero-order valence-electron chi connectivity index (χ0n) is 11.9. The molecule has 0 radical (unpaired) electrons. The molecule has 4 heterocycles. The van der Waals surface area contributed by atoms with Crippen molar-refractivity contribution in [1.29, 1.82) is 0 Å². The zero-order valence-corrected chi connectivity index (χ0v) is 13.6. The number of cyclic esters (lactones) is 1. The van der Waals surface area contributed by atoms with E-state index in [2.05, 4.69) is 10.3 Å². The minimum atomic E-state index is -0.585. The Balaban J connectivity index is 1.40. The lowest BCUT2D eigenvalue weighted by Gasteiger charge is -2.52. The highest BCUT2D eigenvalue weighted by atomic mass is 32.2. The van der Waals surface area contributed by atoms with Gasteiger partial charge in [0.25, 0.3) is 0 Å². The van der Waals surface area contributed by atoms with Gasteiger partial charge in [0.1, 0.15) is 17.5 Å². The van der Waals surface area contributed by atoms with Crippen LogP contribution in [0.5, 0.6) is 0 Å². The van der Waals surface area contributed by atoms with Crippen LogP contribution >= 0.6 is 23.1 Å². The number of nitrogens with zero attached hydrogens (tertiary/aromatic N) is 2. The van der Waals surface area contributed by atoms with E-state index < -0.39 is 12.1 Å². The minimum absolute atomic E-state index is 0.0577. The van der Waals surface area contributed by atoms with Gasteiger partial charge < -0.3 is 20.7 Å². The molecule has 8 nitrogen and oxygen atoms in total. The molecule has 0 aromatic carbocycles. The number of rotatable bonds is 3. The average Bonchev–Trinajstić information content (AvgIpc) is 3.10. The summed E-state index contributed by atoms with van der Waals surface area (Å²) in [6.45, 7) is 0.370. The summed E-state index contributed by atoms with van der Waals surface area (Å²) in [4.78, 5) is 41.8. The summed E-state index contributed by atoms with van der Waals surface area (Å²) in [6.07, 6.45) is 0.0863. The smallest absolute Gasteiger partial charge is 0.329 e. The number of hydrogen-bond acceptors (Lipinski definition) is 8. The third-order valence-corrected chi connectivity index (χ3v) is 6.40. The first-order valence-corrected chi connectivity index (χ1v) is 9.07. The van der Waals surface area contributed by atoms with Gasteiger partial charge in [0, 0.05) is 17.1 Å². The molecular weight excluding hydrogens is 340 g/mol. The first-order chi connectivity index (χ1) is 11.0. The number of carbonyl (C=O) groups is 3. The molecule has 3 N–H and O–H groups in total. The van der Waals surface area contributed by atoms with Crippen LogP contribution in [0.2, 0.25) is 0 Å². The number of anilines is 1. The molecule has 1 aromatic rings. The van der Waals surface area contributed by atoms with E-state index in [1.165, 1.54) is 11.3 Å². The molecule has 2 amide bonds. The van der Waals surface area contributed by atoms with Crippen LogP contribution in [0.3, 0.4) is 0 Å². The quantitative estimate of drug-likeness (QED) is 0.540. The monoisotopic (exact) mass is 354 g/mol. The van der Waals surface area contributed by atoms with E-state index in [0.717, 1.165) is 5.75 Å². The topological polar surface area (TPSA) is 115 Å². The second-order valence-corrected chi connectivity index (χ2v) is 7.74. The van der Waals surface area contributed by atoms with Crippen LogP contribution in [0.25, 0.3) is 0 Å². The van der Waals surface area contributed by atoms with Gasteiger partial charge in [0.15, 0.2) is 5.13 Å². The molecule has 4 atom stereocenters. The van der Waals surface area contributed by atoms with E-state index in [1.807, 2.05) is 0 Å². The van der Waals surface area contributed by atoms with E-state index >= 15 is 0 Å². The summed E-state index contributed by atoms with van der Waals surface area (Å²) in [5.41, 5.74) is 6.12. The molecule has 122 valence electrons. The lowest BCUT2D eigenvalue weighted by molar-refractivity contribution is -0.160. The molecule has 3 saturated heterocycles. The summed E-state index contributed by atoms with van der Waals surface area (Å²) < 4.78 is 5.05. The molecular formula is C13H14N4O4S2. The molecule has 23 heavy (non-hydrogen) atoms. The summed E-state index contributed by atoms with van der Waals surface area (Å²) in [5.74, 6) is -0.0225. The van der Waals surface area contributed by atoms with Gasteiger partial charge in [-0.15, -0.1) is 23.1 Å². The van der Waals surface area contributed by atoms with E-state index in [4.69, 9.17) is 10.5 Å². The van der Waals surface area contributed by atoms with E-state index in [9.17, 15) is 14.4 Å². The Hall–Kier alpha value is -1.81. The molecule has 2 unspecified atom stereocenters. The largest absolute Gasteiger partial charge is 0.464 e. The van der Waals surface area contributed by atoms with Gasteiger partial charge in [0.05, 0.1) is 18.7 Å². The van der Waals surface area contributed by atoms with Gasteiger partial charge in [-0.2, -0.15) is 0 Å². The van der Waals surface area contributed by atoms with Crippen LogP contribution in [0.4, 0.5) is 5.13 Å². The second-order valence-electron chi connectivity index (χ2n) is 5.70. The molecule has 3 fully saturated rings. The van der Waals surface area contributed by atoms with Gasteiger partial charge in [-0.25, -0.2) is 9.78 Å². The number of β-lactam (4-membered cyclic amide) rings is 1. The Morgan fingerprint density at radius 1 is 1.52 bits per heavy atom. The van der Waals surface area contributed by atoms with Crippen molar-refractivity contribution in [3.63, 3.8) is 0 Å². The number of ether oxygens (including phenoxy) is 1. The average molecular weight is 354 g/mol. The molecule has 1 aromatic heterocycles. The summed E-state index contributed by atoms with van der Waals surface area (Å²) >= 11 is 2.85. The predicted molar refractivity (Wildman–Crippen MR) is 83.5 cm³/mol. The standard InChI is InChI=1S/C13H14N4O4S2/c14-13-15-6(4-23-13)1-7(18)16-8-10(19)17-9-5(2-21-12(9)20)3-22-11(8)17/h4-5,8-9,11H,1-3H2,(H2,14,15)(H,16,18)/t5?,8-,9?,11-/m1/s1. The fraction of sp³-hybridized carbons (Fsp3) is 0.538. The van der Waals surface area contributed by atoms with E-state index in [0.29, 0.717) is 17.4 Å². The van der Waals surface area contributed by atoms with E-state index in [-0.39, 0.29) is 35.5 Å². The maximum atomic E-state index is 12.3. The first-order valence-electron chi connectivity index (χ1n) is 7.14. The maximum Gasteiger partial charge on any atom is 0.329 e. The van der Waals surface area contributed by atoms with Crippen LogP contribution in [-0.4, -0.2) is 57.5 Å². The SMILES string of the molecule is Nc1nc(CC(=O)N[C@@H]2C(=O)N3C4C(=O)OCC4CS[C@H]23)cs1. The fourth-order valence-electron chi connectivity index (χ4n) is 3.14. The first kappa shape index (κ1) is 14.8. The number of aromatic nitrogens is 1. The molecule has 0 spiro atoms. The predicted octanol–water partition coefficient (Wildman–Crippen LogP) is -0.791. The maximum absolute atomic E-state index is 12.3. The highest BCUT2D eigenvalue weighted by Crippen LogP contribution is 2.43. The summed E-state index contributed by atoms with van der Waals surface area (Å²) in [6, 6.07) is -1.07. The lowest BCUT2D eigenvalue weighted by Crippen LogP contribution is -2.75. The van der Waals surface area contributed by atoms with Crippen LogP contribution in [0.1, 0.15) is 5.69 Å². The number of nitrogens with two attached hydrogens (primary N) is 1. The molecule has 3 aliphatic heterocycles. The Kier molecular flexibility index (Phi) is 3.45. The third kappa shape index (κ3) is 2.36. The third-order valence-electron chi connectivity index (χ3n) is 4.22. The van der Waals surface area contributed by atoms with Gasteiger partial charge >= 0.3 is 5.97 Å². The van der Waals surface area contributed by atoms with Crippen molar-refractivity contribution in [3.8, 4) is 0 Å². The van der Waals surface area contributed by atoms with Crippen LogP contribution < -0.4 is 11.1 Å².